The summed E-state index contributed by atoms with van der Waals surface area (Å²) in [6.07, 6.45) is 64.8. The molecule has 6 nitrogen and oxygen atoms in total. The molecule has 0 spiro atoms. The number of nitrogens with one attached hydrogen (secondary N) is 1. The second kappa shape index (κ2) is 54.0. The summed E-state index contributed by atoms with van der Waals surface area (Å²) in [5.74, 6) is -0.0671. The third kappa shape index (κ3) is 49.8. The largest absolute Gasteiger partial charge is 0.466 e. The van der Waals surface area contributed by atoms with Crippen LogP contribution in [0.5, 0.6) is 0 Å². The lowest BCUT2D eigenvalue weighted by Gasteiger charge is -2.20. The Hall–Kier alpha value is -1.66. The van der Waals surface area contributed by atoms with Gasteiger partial charge in [-0.3, -0.25) is 9.59 Å². The zero-order valence-corrected chi connectivity index (χ0v) is 43.0. The van der Waals surface area contributed by atoms with Gasteiger partial charge in [-0.25, -0.2) is 0 Å². The molecule has 0 radical (unpaired) electrons. The van der Waals surface area contributed by atoms with Crippen molar-refractivity contribution in [3.63, 3.8) is 0 Å². The number of aliphatic hydroxyl groups excluding tert-OH is 2. The molecule has 0 heterocycles. The van der Waals surface area contributed by atoms with Gasteiger partial charge in [-0.2, -0.15) is 0 Å². The highest BCUT2D eigenvalue weighted by Gasteiger charge is 2.18. The van der Waals surface area contributed by atoms with Crippen LogP contribution in [0.25, 0.3) is 0 Å². The van der Waals surface area contributed by atoms with E-state index in [1.54, 1.807) is 6.08 Å². The summed E-state index contributed by atoms with van der Waals surface area (Å²) in [5, 5.41) is 23.1. The van der Waals surface area contributed by atoms with E-state index in [-0.39, 0.29) is 18.5 Å². The van der Waals surface area contributed by atoms with Gasteiger partial charge in [-0.15, -0.1) is 0 Å². The van der Waals surface area contributed by atoms with Gasteiger partial charge in [-0.1, -0.05) is 263 Å². The molecule has 0 rings (SSSR count). The summed E-state index contributed by atoms with van der Waals surface area (Å²) in [6.45, 7) is 4.88. The number of esters is 1. The van der Waals surface area contributed by atoms with E-state index in [0.717, 1.165) is 44.9 Å². The van der Waals surface area contributed by atoms with Gasteiger partial charge in [0.15, 0.2) is 0 Å². The van der Waals surface area contributed by atoms with Crippen molar-refractivity contribution in [2.45, 2.75) is 321 Å². The molecule has 0 aromatic carbocycles. The second-order valence-electron chi connectivity index (χ2n) is 19.6. The van der Waals surface area contributed by atoms with Crippen LogP contribution < -0.4 is 5.32 Å². The summed E-state index contributed by atoms with van der Waals surface area (Å²) in [6, 6.07) is -0.628. The van der Waals surface area contributed by atoms with E-state index in [2.05, 4.69) is 31.3 Å². The number of ether oxygens (including phenoxy) is 1. The van der Waals surface area contributed by atoms with E-state index in [1.807, 2.05) is 6.08 Å². The number of allylic oxidation sites excluding steroid dienone is 3. The monoisotopic (exact) mass is 902 g/mol. The SMILES string of the molecule is CCCCC/C=C\CCCCCCCC(=O)OCCCCCCCCCCCCCCCCCCCCCCCC(=O)NC(CO)C(O)/C=C/CCCCCCCCCCCCCC. The first-order valence-corrected chi connectivity index (χ1v) is 28.6. The maximum Gasteiger partial charge on any atom is 0.305 e. The zero-order chi connectivity index (χ0) is 46.5. The molecule has 0 aliphatic rings. The minimum Gasteiger partial charge on any atom is -0.466 e. The molecule has 1 amide bonds. The van der Waals surface area contributed by atoms with Crippen LogP contribution in [-0.4, -0.2) is 47.4 Å². The van der Waals surface area contributed by atoms with Crippen molar-refractivity contribution in [3.8, 4) is 0 Å². The Morgan fingerprint density at radius 1 is 0.422 bits per heavy atom. The number of rotatable bonds is 53. The molecule has 64 heavy (non-hydrogen) atoms. The average molecular weight is 903 g/mol. The van der Waals surface area contributed by atoms with E-state index >= 15 is 0 Å². The predicted octanol–water partition coefficient (Wildman–Crippen LogP) is 17.5. The number of hydrogen-bond acceptors (Lipinski definition) is 5. The number of hydrogen-bond donors (Lipinski definition) is 3. The molecule has 0 bridgehead atoms. The fourth-order valence-electron chi connectivity index (χ4n) is 8.81. The van der Waals surface area contributed by atoms with E-state index in [9.17, 15) is 19.8 Å². The van der Waals surface area contributed by atoms with Crippen LogP contribution in [0.4, 0.5) is 0 Å². The number of carbonyl (C=O) groups is 2. The number of carbonyl (C=O) groups excluding carboxylic acids is 2. The maximum absolute atomic E-state index is 12.4. The van der Waals surface area contributed by atoms with Crippen molar-refractivity contribution in [1.82, 2.24) is 5.32 Å². The van der Waals surface area contributed by atoms with Crippen molar-refractivity contribution >= 4 is 11.9 Å². The van der Waals surface area contributed by atoms with Gasteiger partial charge in [-0.05, 0) is 57.8 Å². The van der Waals surface area contributed by atoms with Crippen molar-refractivity contribution in [1.29, 1.82) is 0 Å². The van der Waals surface area contributed by atoms with Crippen molar-refractivity contribution in [2.24, 2.45) is 0 Å². The van der Waals surface area contributed by atoms with Crippen molar-refractivity contribution in [2.75, 3.05) is 13.2 Å². The first-order chi connectivity index (χ1) is 31.5. The second-order valence-corrected chi connectivity index (χ2v) is 19.6. The van der Waals surface area contributed by atoms with Crippen LogP contribution >= 0.6 is 0 Å². The first kappa shape index (κ1) is 62.3. The summed E-state index contributed by atoms with van der Waals surface area (Å²) in [4.78, 5) is 24.4. The van der Waals surface area contributed by atoms with Gasteiger partial charge in [0.25, 0.3) is 0 Å². The molecule has 0 fully saturated rings. The van der Waals surface area contributed by atoms with E-state index in [0.29, 0.717) is 19.4 Å². The van der Waals surface area contributed by atoms with Crippen LogP contribution in [0.15, 0.2) is 24.3 Å². The Bertz CT molecular complexity index is 997. The molecule has 6 heteroatoms. The summed E-state index contributed by atoms with van der Waals surface area (Å²) < 4.78 is 5.46. The molecule has 2 atom stereocenters. The number of aliphatic hydroxyl groups is 2. The normalized spacial score (nSPS) is 12.8. The van der Waals surface area contributed by atoms with Crippen LogP contribution in [-0.2, 0) is 14.3 Å². The average Bonchev–Trinajstić information content (AvgIpc) is 3.29. The van der Waals surface area contributed by atoms with E-state index in [4.69, 9.17) is 4.74 Å². The van der Waals surface area contributed by atoms with Crippen LogP contribution in [0.1, 0.15) is 309 Å². The number of unbranched alkanes of at least 4 members (excludes halogenated alkanes) is 40. The molecule has 2 unspecified atom stereocenters. The third-order valence-electron chi connectivity index (χ3n) is 13.2. The number of amides is 1. The molecular formula is C58H111NO5. The van der Waals surface area contributed by atoms with Gasteiger partial charge in [0.1, 0.15) is 0 Å². The molecule has 0 saturated heterocycles. The van der Waals surface area contributed by atoms with E-state index in [1.165, 1.54) is 238 Å². The van der Waals surface area contributed by atoms with Gasteiger partial charge in [0.2, 0.25) is 5.91 Å². The fraction of sp³-hybridized carbons (Fsp3) is 0.897. The quantitative estimate of drug-likeness (QED) is 0.0321. The molecule has 0 saturated carbocycles. The topological polar surface area (TPSA) is 95.9 Å². The molecule has 0 aliphatic carbocycles. The first-order valence-electron chi connectivity index (χ1n) is 28.6. The standard InChI is InChI=1S/C58H111NO5/c1-3-5-7-9-11-13-15-17-27-30-34-38-42-46-50-56(61)55(54-60)59-57(62)51-47-43-39-35-31-28-25-23-21-19-18-20-22-24-26-29-33-37-41-45-49-53-64-58(63)52-48-44-40-36-32-16-14-12-10-8-6-4-2/h12,14,46,50,55-56,60-61H,3-11,13,15-45,47-49,51-54H2,1-2H3,(H,59,62)/b14-12-,50-46+. The molecular weight excluding hydrogens is 791 g/mol. The Balaban J connectivity index is 3.41. The molecule has 0 aromatic heterocycles. The highest BCUT2D eigenvalue weighted by Crippen LogP contribution is 2.17. The Labute approximate surface area is 399 Å². The lowest BCUT2D eigenvalue weighted by molar-refractivity contribution is -0.143. The molecule has 0 aromatic rings. The highest BCUT2D eigenvalue weighted by atomic mass is 16.5. The van der Waals surface area contributed by atoms with Crippen molar-refractivity contribution < 1.29 is 24.5 Å². The summed E-state index contributed by atoms with van der Waals surface area (Å²) in [7, 11) is 0. The Morgan fingerprint density at radius 2 is 0.734 bits per heavy atom. The van der Waals surface area contributed by atoms with Gasteiger partial charge in [0.05, 0.1) is 25.4 Å². The van der Waals surface area contributed by atoms with Gasteiger partial charge >= 0.3 is 5.97 Å². The lowest BCUT2D eigenvalue weighted by Crippen LogP contribution is -2.45. The lowest BCUT2D eigenvalue weighted by atomic mass is 10.0. The Kier molecular flexibility index (Phi) is 52.6. The maximum atomic E-state index is 12.4. The zero-order valence-electron chi connectivity index (χ0n) is 43.0. The minimum atomic E-state index is -0.844. The molecule has 0 aliphatic heterocycles. The smallest absolute Gasteiger partial charge is 0.305 e. The third-order valence-corrected chi connectivity index (χ3v) is 13.2. The van der Waals surface area contributed by atoms with Gasteiger partial charge < -0.3 is 20.3 Å². The van der Waals surface area contributed by atoms with Crippen LogP contribution in [0.2, 0.25) is 0 Å². The van der Waals surface area contributed by atoms with Crippen LogP contribution in [0.3, 0.4) is 0 Å². The van der Waals surface area contributed by atoms with Crippen molar-refractivity contribution in [3.05, 3.63) is 24.3 Å². The van der Waals surface area contributed by atoms with E-state index < -0.39 is 12.1 Å². The predicted molar refractivity (Wildman–Crippen MR) is 278 cm³/mol. The van der Waals surface area contributed by atoms with Gasteiger partial charge in [0, 0.05) is 12.8 Å². The van der Waals surface area contributed by atoms with Crippen LogP contribution in [0, 0.1) is 0 Å². The molecule has 3 N–H and O–H groups in total. The minimum absolute atomic E-state index is 0.00123. The Morgan fingerprint density at radius 3 is 1.14 bits per heavy atom. The fourth-order valence-corrected chi connectivity index (χ4v) is 8.81. The summed E-state index contributed by atoms with van der Waals surface area (Å²) >= 11 is 0. The summed E-state index contributed by atoms with van der Waals surface area (Å²) in [5.41, 5.74) is 0. The highest BCUT2D eigenvalue weighted by molar-refractivity contribution is 5.76. The molecule has 378 valence electrons.